The maximum atomic E-state index is 12.6. The Bertz CT molecular complexity index is 4080. The Hall–Kier alpha value is -8.57. The van der Waals surface area contributed by atoms with Gasteiger partial charge < -0.3 is 60.9 Å². The van der Waals surface area contributed by atoms with Crippen molar-refractivity contribution in [2.45, 2.75) is 45.6 Å². The number of aryl methyl sites for hydroxylation is 5. The van der Waals surface area contributed by atoms with Crippen LogP contribution in [0.4, 0.5) is 21.9 Å². The number of hydrogen-bond acceptors (Lipinski definition) is 20. The average molecular weight is 1480 g/mol. The molecule has 1 atom stereocenters. The number of aromatic nitrogens is 12. The van der Waals surface area contributed by atoms with Gasteiger partial charge in [0.05, 0.1) is 88.2 Å². The molecule has 0 radical (unpaired) electrons. The predicted molar refractivity (Wildman–Crippen MR) is 364 cm³/mol. The second-order valence-corrected chi connectivity index (χ2v) is 23.4. The standard InChI is InChI=1S/C18H18ClN5O3.C17H16ClN5O3.C16H15N5O3.C10H20N2O3.C2H4BrCl.2Li.H2O/c1-23-11-15(16(22-23)18(26)27-2)21-17(25)13-5-3-4-12(8-13)14-9-20-24(10-14)7-6-19;1-22-10-14(15(21-22)17(25)26)20-16(24)12-4-2-3-11(7-12)13-8-19-23(9-13)6-5-18;1-21-9-13(14(20-21)16(23)24-2)19-15(22)11-5-3-4-10(6-11)12-7-17-18-8-12;1-10(2,3)15-9(13)12-4-5-14-8(6-11)7-12;3-1-2-4;;;/h3-5,8-11H,6-7H2,1-2H3,(H,21,25);2-4,7-10H,5-6H2,1H3,(H,20,24)(H,25,26);3-9H,1-2H3,(H,17,18)(H,19,22);8H,4-7,11H2,1-3H3;1-2H2;;;1H2/q;;;;;2*+1;/p-2. The van der Waals surface area contributed by atoms with Crippen molar-refractivity contribution in [3.8, 4) is 33.4 Å². The number of methoxy groups -OCH3 is 2. The molecular formula is C63H73BrCl3Li2N17O13. The van der Waals surface area contributed by atoms with Crippen LogP contribution in [-0.2, 0) is 53.2 Å². The zero-order chi connectivity index (χ0) is 70.1. The molecule has 3 aromatic carbocycles. The smallest absolute Gasteiger partial charge is 0.870 e. The van der Waals surface area contributed by atoms with Crippen LogP contribution in [0.15, 0.2) is 129 Å². The van der Waals surface area contributed by atoms with Gasteiger partial charge >= 0.3 is 55.8 Å². The number of nitrogens with zero attached hydrogens (tertiary/aromatic N) is 12. The van der Waals surface area contributed by atoms with Gasteiger partial charge in [0.1, 0.15) is 11.3 Å². The quantitative estimate of drug-likeness (QED) is 0.0352. The number of aromatic carboxylic acids is 1. The first kappa shape index (κ1) is 84.7. The number of nitrogens with one attached hydrogen (secondary N) is 4. The van der Waals surface area contributed by atoms with Crippen molar-refractivity contribution in [1.82, 2.24) is 64.0 Å². The third-order valence-corrected chi connectivity index (χ3v) is 14.5. The summed E-state index contributed by atoms with van der Waals surface area (Å²) < 4.78 is 27.6. The summed E-state index contributed by atoms with van der Waals surface area (Å²) in [6.45, 7) is 8.81. The molecule has 9 aromatic rings. The number of aromatic amines is 1. The topological polar surface area (TPSA) is 393 Å². The van der Waals surface area contributed by atoms with Gasteiger partial charge in [0.2, 0.25) is 0 Å². The number of ether oxygens (including phenoxy) is 4. The third kappa shape index (κ3) is 25.9. The molecule has 0 spiro atoms. The molecular weight excluding hydrogens is 1400 g/mol. The van der Waals surface area contributed by atoms with Crippen molar-refractivity contribution in [3.63, 3.8) is 0 Å². The summed E-state index contributed by atoms with van der Waals surface area (Å²) in [4.78, 5) is 85.5. The van der Waals surface area contributed by atoms with Gasteiger partial charge in [-0.2, -0.15) is 30.6 Å². The first-order chi connectivity index (χ1) is 45.9. The van der Waals surface area contributed by atoms with E-state index in [1.807, 2.05) is 51.4 Å². The maximum absolute atomic E-state index is 12.6. The van der Waals surface area contributed by atoms with Crippen LogP contribution < -0.4 is 64.5 Å². The molecule has 0 bridgehead atoms. The second kappa shape index (κ2) is 41.7. The Labute approximate surface area is 617 Å². The van der Waals surface area contributed by atoms with Crippen LogP contribution in [0.3, 0.4) is 0 Å². The van der Waals surface area contributed by atoms with Crippen LogP contribution in [0.1, 0.15) is 83.3 Å². The van der Waals surface area contributed by atoms with E-state index in [1.165, 1.54) is 34.5 Å². The monoisotopic (exact) mass is 1470 g/mol. The number of morpholine rings is 1. The molecule has 10 rings (SSSR count). The summed E-state index contributed by atoms with van der Waals surface area (Å²) in [5, 5.41) is 46.8. The summed E-state index contributed by atoms with van der Waals surface area (Å²) in [5.74, 6) is -2.21. The van der Waals surface area contributed by atoms with E-state index >= 15 is 0 Å². The predicted octanol–water partition coefficient (Wildman–Crippen LogP) is 1.58. The summed E-state index contributed by atoms with van der Waals surface area (Å²) >= 11 is 19.7. The van der Waals surface area contributed by atoms with Gasteiger partial charge in [-0.1, -0.05) is 52.3 Å². The summed E-state index contributed by atoms with van der Waals surface area (Å²) in [5.41, 5.74) is 11.9. The van der Waals surface area contributed by atoms with Gasteiger partial charge in [0.15, 0.2) is 11.4 Å². The van der Waals surface area contributed by atoms with Crippen molar-refractivity contribution in [3.05, 3.63) is 162 Å². The molecule has 1 saturated heterocycles. The Morgan fingerprint density at radius 3 is 1.39 bits per heavy atom. The summed E-state index contributed by atoms with van der Waals surface area (Å²) in [6, 6.07) is 21.2. The van der Waals surface area contributed by atoms with E-state index in [-0.39, 0.29) is 95.7 Å². The molecule has 30 nitrogen and oxygen atoms in total. The number of rotatable bonds is 18. The van der Waals surface area contributed by atoms with E-state index in [9.17, 15) is 38.7 Å². The minimum atomic E-state index is -1.46. The molecule has 0 saturated carbocycles. The molecule has 1 fully saturated rings. The molecule has 7 heterocycles. The number of carbonyl (C=O) groups is 7. The number of benzene rings is 3. The van der Waals surface area contributed by atoms with Crippen molar-refractivity contribution in [2.75, 3.05) is 79.4 Å². The average Bonchev–Trinajstić information content (AvgIpc) is 1.74. The van der Waals surface area contributed by atoms with Crippen LogP contribution in [0.25, 0.3) is 33.4 Å². The Kier molecular flexibility index (Phi) is 35.7. The number of carboxylic acid groups (broad SMARTS) is 1. The Morgan fingerprint density at radius 1 is 0.636 bits per heavy atom. The number of nitrogens with two attached hydrogens (primary N) is 1. The normalized spacial score (nSPS) is 12.0. The molecule has 4 amide bonds. The molecule has 0 aliphatic carbocycles. The van der Waals surface area contributed by atoms with Gasteiger partial charge in [-0.05, 0) is 73.9 Å². The zero-order valence-corrected chi connectivity index (χ0v) is 59.9. The molecule has 6 aromatic heterocycles. The second-order valence-electron chi connectivity index (χ2n) is 21.5. The molecule has 1 unspecified atom stereocenters. The molecule has 518 valence electrons. The Balaban J connectivity index is 0.000000339. The largest absolute Gasteiger partial charge is 1.00 e. The number of halogens is 4. The number of carboxylic acids is 1. The van der Waals surface area contributed by atoms with E-state index in [0.717, 1.165) is 38.7 Å². The van der Waals surface area contributed by atoms with Crippen LogP contribution >= 0.6 is 50.7 Å². The van der Waals surface area contributed by atoms with Gasteiger partial charge in [0.25, 0.3) is 17.7 Å². The first-order valence-corrected chi connectivity index (χ1v) is 32.0. The molecule has 1 aliphatic rings. The number of anilines is 3. The van der Waals surface area contributed by atoms with Crippen LogP contribution in [0, 0.1) is 0 Å². The van der Waals surface area contributed by atoms with Gasteiger partial charge in [-0.25, -0.2) is 14.4 Å². The SMILES string of the molecule is CC(C)(C)OC(=O)N1CCOC(CN)C1.COC(=O)c1nn(C)cc1NC(=O)c1cccc(-c2cn[nH]c2)c1.COC(=O)c1nn(C)cc1NC(=O)c1cccc(-c2cnn(CCCl)c2)c1.ClCCBr.Cn1cc(NC(=O)c2cccc(-c3cnn(CCCl)c3)c2)c(C(=O)[O-])n1.[Li+].[Li+].[OH-]. The van der Waals surface area contributed by atoms with Crippen molar-refractivity contribution < 1.29 is 101 Å². The van der Waals surface area contributed by atoms with Gasteiger partial charge in [-0.15, -0.1) is 34.8 Å². The van der Waals surface area contributed by atoms with Gasteiger partial charge in [0, 0.05) is 128 Å². The van der Waals surface area contributed by atoms with Crippen molar-refractivity contribution in [1.29, 1.82) is 0 Å². The van der Waals surface area contributed by atoms with Crippen LogP contribution in [0.5, 0.6) is 0 Å². The number of hydrogen-bond donors (Lipinski definition) is 5. The fourth-order valence-electron chi connectivity index (χ4n) is 8.69. The van der Waals surface area contributed by atoms with Crippen molar-refractivity contribution in [2.24, 2.45) is 26.9 Å². The van der Waals surface area contributed by atoms with E-state index in [2.05, 4.69) is 72.3 Å². The molecule has 7 N–H and O–H groups in total. The van der Waals surface area contributed by atoms with Gasteiger partial charge in [-0.3, -0.25) is 42.9 Å². The number of amides is 4. The van der Waals surface area contributed by atoms with E-state index < -0.39 is 29.4 Å². The minimum Gasteiger partial charge on any atom is -0.870 e. The third-order valence-electron chi connectivity index (χ3n) is 13.1. The van der Waals surface area contributed by atoms with E-state index in [4.69, 9.17) is 54.7 Å². The number of esters is 2. The fraction of sp³-hybridized carbons (Fsp3) is 0.317. The summed E-state index contributed by atoms with van der Waals surface area (Å²) in [6.07, 6.45) is 14.7. The molecule has 36 heteroatoms. The van der Waals surface area contributed by atoms with Crippen molar-refractivity contribution >= 4 is 110 Å². The van der Waals surface area contributed by atoms with Crippen LogP contribution in [0.2, 0.25) is 0 Å². The van der Waals surface area contributed by atoms with E-state index in [0.29, 0.717) is 79.3 Å². The molecule has 99 heavy (non-hydrogen) atoms. The zero-order valence-electron chi connectivity index (χ0n) is 56.1. The first-order valence-electron chi connectivity index (χ1n) is 29.2. The Morgan fingerprint density at radius 2 is 1.04 bits per heavy atom. The van der Waals surface area contributed by atoms with Crippen LogP contribution in [-0.4, -0.2) is 186 Å². The number of alkyl halides is 4. The van der Waals surface area contributed by atoms with E-state index in [1.54, 1.807) is 127 Å². The summed E-state index contributed by atoms with van der Waals surface area (Å²) in [7, 11) is 7.39. The number of H-pyrrole nitrogens is 1. The fourth-order valence-corrected chi connectivity index (χ4v) is 9.04. The maximum Gasteiger partial charge on any atom is 1.00 e. The minimum absolute atomic E-state index is 0. The molecule has 1 aliphatic heterocycles. The number of carbonyl (C=O) groups excluding carboxylic acids is 7.